The zero-order valence-corrected chi connectivity index (χ0v) is 6.25. The molecule has 0 aromatic rings. The Balaban J connectivity index is 1.91. The van der Waals surface area contributed by atoms with Gasteiger partial charge in [0.1, 0.15) is 6.79 Å². The topological polar surface area (TPSA) is 32.7 Å². The van der Waals surface area contributed by atoms with Crippen LogP contribution >= 0.6 is 0 Å². The molecule has 3 heteroatoms. The molecule has 3 nitrogen and oxygen atoms in total. The second-order valence-electron chi connectivity index (χ2n) is 2.59. The van der Waals surface area contributed by atoms with E-state index in [4.69, 9.17) is 9.84 Å². The van der Waals surface area contributed by atoms with Gasteiger partial charge in [0.05, 0.1) is 6.61 Å². The van der Waals surface area contributed by atoms with Gasteiger partial charge in [-0.2, -0.15) is 0 Å². The molecule has 0 aromatic heterocycles. The molecule has 0 bridgehead atoms. The van der Waals surface area contributed by atoms with Crippen molar-refractivity contribution in [3.05, 3.63) is 0 Å². The summed E-state index contributed by atoms with van der Waals surface area (Å²) in [6.07, 6.45) is 2.64. The van der Waals surface area contributed by atoms with E-state index in [1.165, 1.54) is 25.9 Å². The first-order valence-corrected chi connectivity index (χ1v) is 3.84. The Morgan fingerprint density at radius 2 is 2.00 bits per heavy atom. The zero-order chi connectivity index (χ0) is 7.23. The van der Waals surface area contributed by atoms with E-state index in [1.807, 2.05) is 0 Å². The molecule has 1 heterocycles. The number of aliphatic hydroxyl groups excluding tert-OH is 1. The monoisotopic (exact) mass is 145 g/mol. The fourth-order valence-electron chi connectivity index (χ4n) is 1.26. The third-order valence-electron chi connectivity index (χ3n) is 1.84. The zero-order valence-electron chi connectivity index (χ0n) is 6.25. The van der Waals surface area contributed by atoms with E-state index in [0.717, 1.165) is 6.54 Å². The minimum absolute atomic E-state index is 0.145. The highest BCUT2D eigenvalue weighted by Crippen LogP contribution is 2.05. The van der Waals surface area contributed by atoms with Gasteiger partial charge in [-0.3, -0.25) is 0 Å². The number of nitrogens with zero attached hydrogens (tertiary/aromatic N) is 1. The van der Waals surface area contributed by atoms with Crippen molar-refractivity contribution in [2.45, 2.75) is 12.8 Å². The van der Waals surface area contributed by atoms with E-state index in [1.54, 1.807) is 0 Å². The van der Waals surface area contributed by atoms with Crippen LogP contribution in [0.1, 0.15) is 12.8 Å². The average Bonchev–Trinajstić information content (AvgIpc) is 2.41. The summed E-state index contributed by atoms with van der Waals surface area (Å²) < 4.78 is 4.81. The molecule has 1 saturated heterocycles. The molecule has 0 saturated carbocycles. The third-order valence-corrected chi connectivity index (χ3v) is 1.84. The molecule has 1 aliphatic rings. The Morgan fingerprint density at radius 3 is 2.60 bits per heavy atom. The predicted molar refractivity (Wildman–Crippen MR) is 38.7 cm³/mol. The normalized spacial score (nSPS) is 20.1. The maximum Gasteiger partial charge on any atom is 0.143 e. The van der Waals surface area contributed by atoms with E-state index in [9.17, 15) is 0 Å². The van der Waals surface area contributed by atoms with E-state index in [0.29, 0.717) is 6.61 Å². The molecular weight excluding hydrogens is 130 g/mol. The van der Waals surface area contributed by atoms with Crippen LogP contribution in [-0.4, -0.2) is 43.0 Å². The van der Waals surface area contributed by atoms with Crippen LogP contribution in [0.2, 0.25) is 0 Å². The summed E-state index contributed by atoms with van der Waals surface area (Å²) in [4.78, 5) is 2.36. The Hall–Kier alpha value is -0.120. The minimum atomic E-state index is -0.145. The molecule has 1 fully saturated rings. The summed E-state index contributed by atoms with van der Waals surface area (Å²) in [5.41, 5.74) is 0. The van der Waals surface area contributed by atoms with E-state index < -0.39 is 0 Å². The van der Waals surface area contributed by atoms with Crippen LogP contribution < -0.4 is 0 Å². The van der Waals surface area contributed by atoms with E-state index in [-0.39, 0.29) is 6.79 Å². The lowest BCUT2D eigenvalue weighted by molar-refractivity contribution is -0.00803. The number of aliphatic hydroxyl groups is 1. The summed E-state index contributed by atoms with van der Waals surface area (Å²) in [7, 11) is 0. The van der Waals surface area contributed by atoms with Crippen molar-refractivity contribution < 1.29 is 9.84 Å². The molecule has 1 aliphatic heterocycles. The fourth-order valence-corrected chi connectivity index (χ4v) is 1.26. The van der Waals surface area contributed by atoms with Crippen molar-refractivity contribution >= 4 is 0 Å². The number of ether oxygens (including phenoxy) is 1. The molecule has 0 spiro atoms. The van der Waals surface area contributed by atoms with E-state index >= 15 is 0 Å². The smallest absolute Gasteiger partial charge is 0.143 e. The average molecular weight is 145 g/mol. The minimum Gasteiger partial charge on any atom is -0.371 e. The predicted octanol–water partition coefficient (Wildman–Crippen LogP) is 0.0486. The molecule has 1 N–H and O–H groups in total. The van der Waals surface area contributed by atoms with Crippen molar-refractivity contribution in [1.29, 1.82) is 0 Å². The lowest BCUT2D eigenvalue weighted by atomic mass is 10.4. The van der Waals surface area contributed by atoms with Crippen LogP contribution in [0.5, 0.6) is 0 Å². The van der Waals surface area contributed by atoms with Crippen molar-refractivity contribution in [3.8, 4) is 0 Å². The Kier molecular flexibility index (Phi) is 3.72. The summed E-state index contributed by atoms with van der Waals surface area (Å²) in [5.74, 6) is 0. The van der Waals surface area contributed by atoms with Gasteiger partial charge < -0.3 is 14.7 Å². The summed E-state index contributed by atoms with van der Waals surface area (Å²) in [6, 6.07) is 0. The van der Waals surface area contributed by atoms with Crippen LogP contribution in [0.4, 0.5) is 0 Å². The van der Waals surface area contributed by atoms with Gasteiger partial charge in [0.15, 0.2) is 0 Å². The molecular formula is C7H15NO2. The summed E-state index contributed by atoms with van der Waals surface area (Å²) in [6.45, 7) is 3.90. The highest BCUT2D eigenvalue weighted by Gasteiger charge is 2.09. The highest BCUT2D eigenvalue weighted by atomic mass is 16.6. The van der Waals surface area contributed by atoms with Crippen LogP contribution in [-0.2, 0) is 4.74 Å². The van der Waals surface area contributed by atoms with Crippen LogP contribution in [0.3, 0.4) is 0 Å². The van der Waals surface area contributed by atoms with Crippen LogP contribution in [0, 0.1) is 0 Å². The number of hydrogen-bond donors (Lipinski definition) is 1. The van der Waals surface area contributed by atoms with Crippen LogP contribution in [0.15, 0.2) is 0 Å². The second kappa shape index (κ2) is 4.66. The molecule has 0 radical (unpaired) electrons. The van der Waals surface area contributed by atoms with Gasteiger partial charge in [-0.1, -0.05) is 0 Å². The largest absolute Gasteiger partial charge is 0.371 e. The first-order valence-electron chi connectivity index (χ1n) is 3.84. The molecule has 0 atom stereocenters. The van der Waals surface area contributed by atoms with Gasteiger partial charge in [0.2, 0.25) is 0 Å². The van der Waals surface area contributed by atoms with Gasteiger partial charge in [0, 0.05) is 6.54 Å². The number of hydrogen-bond acceptors (Lipinski definition) is 3. The van der Waals surface area contributed by atoms with Crippen molar-refractivity contribution in [3.63, 3.8) is 0 Å². The van der Waals surface area contributed by atoms with Crippen LogP contribution in [0.25, 0.3) is 0 Å². The van der Waals surface area contributed by atoms with E-state index in [2.05, 4.69) is 4.90 Å². The Labute approximate surface area is 61.6 Å². The fraction of sp³-hybridized carbons (Fsp3) is 1.00. The standard InChI is InChI=1S/C7H15NO2/c9-7-10-6-5-8-3-1-2-4-8/h9H,1-7H2. The molecule has 0 unspecified atom stereocenters. The Morgan fingerprint density at radius 1 is 1.30 bits per heavy atom. The second-order valence-corrected chi connectivity index (χ2v) is 2.59. The first kappa shape index (κ1) is 7.98. The molecule has 0 amide bonds. The maximum absolute atomic E-state index is 8.30. The molecule has 60 valence electrons. The molecule has 1 rings (SSSR count). The van der Waals surface area contributed by atoms with Crippen molar-refractivity contribution in [2.24, 2.45) is 0 Å². The molecule has 0 aromatic carbocycles. The van der Waals surface area contributed by atoms with Crippen molar-refractivity contribution in [2.75, 3.05) is 33.0 Å². The third kappa shape index (κ3) is 2.64. The Bertz CT molecular complexity index is 81.7. The molecule has 0 aliphatic carbocycles. The lowest BCUT2D eigenvalue weighted by Gasteiger charge is -2.12. The number of rotatable bonds is 4. The van der Waals surface area contributed by atoms with Gasteiger partial charge in [0.25, 0.3) is 0 Å². The first-order chi connectivity index (χ1) is 4.93. The highest BCUT2D eigenvalue weighted by molar-refractivity contribution is 4.64. The summed E-state index contributed by atoms with van der Waals surface area (Å²) >= 11 is 0. The molecule has 10 heavy (non-hydrogen) atoms. The SMILES string of the molecule is OCOCCN1CCCC1. The summed E-state index contributed by atoms with van der Waals surface area (Å²) in [5, 5.41) is 8.30. The quantitative estimate of drug-likeness (QED) is 0.448. The van der Waals surface area contributed by atoms with Crippen molar-refractivity contribution in [1.82, 2.24) is 4.90 Å². The van der Waals surface area contributed by atoms with Gasteiger partial charge in [-0.25, -0.2) is 0 Å². The van der Waals surface area contributed by atoms with Gasteiger partial charge >= 0.3 is 0 Å². The lowest BCUT2D eigenvalue weighted by Crippen LogP contribution is -2.24. The maximum atomic E-state index is 8.30. The van der Waals surface area contributed by atoms with Gasteiger partial charge in [-0.05, 0) is 25.9 Å². The van der Waals surface area contributed by atoms with Gasteiger partial charge in [-0.15, -0.1) is 0 Å². The number of likely N-dealkylation sites (tertiary alicyclic amines) is 1.